The minimum atomic E-state index is -0.110. The van der Waals surface area contributed by atoms with Crippen molar-refractivity contribution in [2.24, 2.45) is 0 Å². The molecule has 134 valence electrons. The minimum Gasteiger partial charge on any atom is -0.496 e. The first kappa shape index (κ1) is 18.4. The molecule has 0 unspecified atom stereocenters. The maximum Gasteiger partial charge on any atom is 0.126 e. The van der Waals surface area contributed by atoms with Gasteiger partial charge in [-0.25, -0.2) is 4.39 Å². The molecule has 1 aliphatic rings. The summed E-state index contributed by atoms with van der Waals surface area (Å²) in [7, 11) is 1.67. The highest BCUT2D eigenvalue weighted by molar-refractivity contribution is 9.10. The van der Waals surface area contributed by atoms with Crippen molar-refractivity contribution in [1.82, 2.24) is 10.2 Å². The van der Waals surface area contributed by atoms with Crippen LogP contribution < -0.4 is 10.1 Å². The van der Waals surface area contributed by atoms with Crippen molar-refractivity contribution in [2.75, 3.05) is 33.3 Å². The van der Waals surface area contributed by atoms with E-state index in [2.05, 4.69) is 38.3 Å². The Morgan fingerprint density at radius 3 is 2.68 bits per heavy atom. The van der Waals surface area contributed by atoms with Crippen molar-refractivity contribution in [3.8, 4) is 5.75 Å². The monoisotopic (exact) mass is 406 g/mol. The summed E-state index contributed by atoms with van der Waals surface area (Å²) < 4.78 is 21.0. The minimum absolute atomic E-state index is 0.110. The number of benzene rings is 2. The Kier molecular flexibility index (Phi) is 6.45. The molecule has 0 atom stereocenters. The van der Waals surface area contributed by atoms with E-state index in [0.717, 1.165) is 66.1 Å². The van der Waals surface area contributed by atoms with Gasteiger partial charge in [0.1, 0.15) is 11.6 Å². The summed E-state index contributed by atoms with van der Waals surface area (Å²) in [5.41, 5.74) is 3.01. The van der Waals surface area contributed by atoms with Gasteiger partial charge < -0.3 is 10.1 Å². The number of nitrogens with one attached hydrogen (secondary N) is 1. The zero-order valence-corrected chi connectivity index (χ0v) is 16.1. The maximum absolute atomic E-state index is 14.5. The highest BCUT2D eigenvalue weighted by Gasteiger charge is 2.15. The van der Waals surface area contributed by atoms with Crippen LogP contribution in [0.2, 0.25) is 0 Å². The lowest BCUT2D eigenvalue weighted by Gasteiger charge is -2.28. The molecule has 0 spiro atoms. The number of ether oxygens (including phenoxy) is 1. The third-order valence-electron chi connectivity index (χ3n) is 4.71. The Hall–Kier alpha value is -1.43. The van der Waals surface area contributed by atoms with Crippen molar-refractivity contribution >= 4 is 15.9 Å². The number of aryl methyl sites for hydroxylation is 1. The molecule has 1 aliphatic heterocycles. The lowest BCUT2D eigenvalue weighted by Crippen LogP contribution is -2.43. The molecule has 5 heteroatoms. The second kappa shape index (κ2) is 8.79. The molecule has 3 nitrogen and oxygen atoms in total. The van der Waals surface area contributed by atoms with Gasteiger partial charge in [0, 0.05) is 37.2 Å². The summed E-state index contributed by atoms with van der Waals surface area (Å²) in [6.07, 6.45) is 1.42. The zero-order chi connectivity index (χ0) is 17.6. The topological polar surface area (TPSA) is 24.5 Å². The zero-order valence-electron chi connectivity index (χ0n) is 14.5. The summed E-state index contributed by atoms with van der Waals surface area (Å²) in [4.78, 5) is 2.38. The molecule has 0 aliphatic carbocycles. The number of rotatable bonds is 6. The lowest BCUT2D eigenvalue weighted by atomic mass is 9.98. The predicted octanol–water partition coefficient (Wildman–Crippen LogP) is 3.79. The standard InChI is InChI=1S/C20H24BrFN2O/c1-25-20-8-6-17(21)13-15(20)5-7-18-16(3-2-4-19(18)22)14-24-11-9-23-10-12-24/h2-4,6,8,13,23H,5,7,9-12,14H2,1H3. The van der Waals surface area contributed by atoms with E-state index in [1.165, 1.54) is 0 Å². The van der Waals surface area contributed by atoms with Gasteiger partial charge in [0.2, 0.25) is 0 Å². The number of methoxy groups -OCH3 is 1. The van der Waals surface area contributed by atoms with Crippen LogP contribution >= 0.6 is 15.9 Å². The van der Waals surface area contributed by atoms with E-state index in [1.807, 2.05) is 18.2 Å². The molecule has 3 rings (SSSR count). The van der Waals surface area contributed by atoms with Crippen LogP contribution in [0.5, 0.6) is 5.75 Å². The van der Waals surface area contributed by atoms with Crippen LogP contribution in [0.1, 0.15) is 16.7 Å². The van der Waals surface area contributed by atoms with Crippen molar-refractivity contribution in [2.45, 2.75) is 19.4 Å². The van der Waals surface area contributed by atoms with E-state index in [1.54, 1.807) is 13.2 Å². The van der Waals surface area contributed by atoms with Crippen molar-refractivity contribution < 1.29 is 9.13 Å². The molecule has 0 radical (unpaired) electrons. The highest BCUT2D eigenvalue weighted by atomic mass is 79.9. The second-order valence-corrected chi connectivity index (χ2v) is 7.28. The van der Waals surface area contributed by atoms with Gasteiger partial charge in [0.15, 0.2) is 0 Å². The molecule has 1 N–H and O–H groups in total. The van der Waals surface area contributed by atoms with Gasteiger partial charge in [-0.2, -0.15) is 0 Å². The van der Waals surface area contributed by atoms with Crippen molar-refractivity contribution in [3.05, 3.63) is 63.4 Å². The first-order valence-electron chi connectivity index (χ1n) is 8.69. The highest BCUT2D eigenvalue weighted by Crippen LogP contribution is 2.26. The van der Waals surface area contributed by atoms with Crippen LogP contribution in [-0.2, 0) is 19.4 Å². The summed E-state index contributed by atoms with van der Waals surface area (Å²) in [5, 5.41) is 3.36. The molecular formula is C20H24BrFN2O. The van der Waals surface area contributed by atoms with E-state index in [9.17, 15) is 4.39 Å². The number of hydrogen-bond acceptors (Lipinski definition) is 3. The fourth-order valence-electron chi connectivity index (χ4n) is 3.34. The van der Waals surface area contributed by atoms with Gasteiger partial charge in [0.05, 0.1) is 7.11 Å². The molecule has 0 amide bonds. The summed E-state index contributed by atoms with van der Waals surface area (Å²) in [5.74, 6) is 0.741. The number of halogens is 2. The fraction of sp³-hybridized carbons (Fsp3) is 0.400. The number of piperazine rings is 1. The van der Waals surface area contributed by atoms with Gasteiger partial charge in [-0.15, -0.1) is 0 Å². The van der Waals surface area contributed by atoms with Crippen molar-refractivity contribution in [3.63, 3.8) is 0 Å². The van der Waals surface area contributed by atoms with E-state index in [0.29, 0.717) is 6.42 Å². The first-order valence-corrected chi connectivity index (χ1v) is 9.48. The lowest BCUT2D eigenvalue weighted by molar-refractivity contribution is 0.232. The van der Waals surface area contributed by atoms with E-state index >= 15 is 0 Å². The largest absolute Gasteiger partial charge is 0.496 e. The normalized spacial score (nSPS) is 15.3. The molecule has 2 aromatic carbocycles. The average Bonchev–Trinajstić information content (AvgIpc) is 2.62. The molecule has 25 heavy (non-hydrogen) atoms. The average molecular weight is 407 g/mol. The molecule has 1 heterocycles. The van der Waals surface area contributed by atoms with Crippen LogP contribution in [0.15, 0.2) is 40.9 Å². The van der Waals surface area contributed by atoms with E-state index < -0.39 is 0 Å². The smallest absolute Gasteiger partial charge is 0.126 e. The molecule has 0 aromatic heterocycles. The van der Waals surface area contributed by atoms with Crippen molar-refractivity contribution in [1.29, 1.82) is 0 Å². The Bertz CT molecular complexity index is 717. The summed E-state index contributed by atoms with van der Waals surface area (Å²) in [6.45, 7) is 4.83. The van der Waals surface area contributed by atoms with Crippen LogP contribution in [0.4, 0.5) is 4.39 Å². The van der Waals surface area contributed by atoms with E-state index in [4.69, 9.17) is 4.74 Å². The SMILES string of the molecule is COc1ccc(Br)cc1CCc1c(F)cccc1CN1CCNCC1. The predicted molar refractivity (Wildman–Crippen MR) is 103 cm³/mol. The Labute approximate surface area is 157 Å². The number of hydrogen-bond donors (Lipinski definition) is 1. The van der Waals surface area contributed by atoms with Crippen LogP contribution in [0.25, 0.3) is 0 Å². The molecule has 0 bridgehead atoms. The van der Waals surface area contributed by atoms with Gasteiger partial charge in [-0.3, -0.25) is 4.90 Å². The van der Waals surface area contributed by atoms with E-state index in [-0.39, 0.29) is 5.82 Å². The fourth-order valence-corrected chi connectivity index (χ4v) is 3.75. The molecule has 1 saturated heterocycles. The first-order chi connectivity index (χ1) is 12.2. The maximum atomic E-state index is 14.5. The third-order valence-corrected chi connectivity index (χ3v) is 5.20. The van der Waals surface area contributed by atoms with Crippen LogP contribution in [0, 0.1) is 5.82 Å². The van der Waals surface area contributed by atoms with Gasteiger partial charge >= 0.3 is 0 Å². The third kappa shape index (κ3) is 4.81. The Morgan fingerprint density at radius 2 is 1.92 bits per heavy atom. The Balaban J connectivity index is 1.76. The summed E-state index contributed by atoms with van der Waals surface area (Å²) in [6, 6.07) is 11.4. The van der Waals surface area contributed by atoms with Crippen LogP contribution in [0.3, 0.4) is 0 Å². The van der Waals surface area contributed by atoms with Gasteiger partial charge in [-0.05, 0) is 53.8 Å². The molecule has 2 aromatic rings. The number of nitrogens with zero attached hydrogens (tertiary/aromatic N) is 1. The molecular weight excluding hydrogens is 383 g/mol. The summed E-state index contributed by atoms with van der Waals surface area (Å²) >= 11 is 3.50. The van der Waals surface area contributed by atoms with Crippen LogP contribution in [-0.4, -0.2) is 38.2 Å². The Morgan fingerprint density at radius 1 is 1.12 bits per heavy atom. The second-order valence-electron chi connectivity index (χ2n) is 6.36. The van der Waals surface area contributed by atoms with Gasteiger partial charge in [-0.1, -0.05) is 28.1 Å². The molecule has 0 saturated carbocycles. The quantitative estimate of drug-likeness (QED) is 0.789. The molecule has 1 fully saturated rings. The van der Waals surface area contributed by atoms with Gasteiger partial charge in [0.25, 0.3) is 0 Å².